The molecule has 1 aromatic carbocycles. The molecule has 0 aliphatic rings. The molecule has 0 unspecified atom stereocenters. The van der Waals surface area contributed by atoms with Gasteiger partial charge in [-0.25, -0.2) is 0 Å². The van der Waals surface area contributed by atoms with Crippen LogP contribution in [0.25, 0.3) is 16.6 Å². The maximum absolute atomic E-state index is 4.34. The Bertz CT molecular complexity index is 566. The normalized spacial score (nSPS) is 11.1. The second kappa shape index (κ2) is 2.33. The first-order valence-corrected chi connectivity index (χ1v) is 4.18. The number of rotatable bonds is 0. The van der Waals surface area contributed by atoms with Crippen molar-refractivity contribution in [3.8, 4) is 0 Å². The van der Waals surface area contributed by atoms with E-state index in [0.717, 1.165) is 16.6 Å². The molecule has 0 saturated carbocycles. The zero-order valence-corrected chi connectivity index (χ0v) is 6.94. The number of fused-ring (bicyclic) bond motifs is 3. The first kappa shape index (κ1) is 6.66. The van der Waals surface area contributed by atoms with Crippen molar-refractivity contribution in [3.63, 3.8) is 0 Å². The van der Waals surface area contributed by atoms with Crippen molar-refractivity contribution in [2.75, 3.05) is 0 Å². The number of aromatic nitrogens is 2. The van der Waals surface area contributed by atoms with Crippen LogP contribution in [0.4, 0.5) is 0 Å². The molecule has 2 heteroatoms. The summed E-state index contributed by atoms with van der Waals surface area (Å²) >= 11 is 0. The van der Waals surface area contributed by atoms with Crippen LogP contribution in [0.3, 0.4) is 0 Å². The van der Waals surface area contributed by atoms with Gasteiger partial charge >= 0.3 is 0 Å². The van der Waals surface area contributed by atoms with Crippen molar-refractivity contribution in [1.29, 1.82) is 0 Å². The predicted octanol–water partition coefficient (Wildman–Crippen LogP) is 2.29. The fraction of sp³-hybridized carbons (Fsp3) is 0. The zero-order chi connectivity index (χ0) is 8.67. The van der Waals surface area contributed by atoms with Crippen LogP contribution >= 0.6 is 0 Å². The highest BCUT2D eigenvalue weighted by Crippen LogP contribution is 2.13. The molecule has 2 heterocycles. The third-order valence-electron chi connectivity index (χ3n) is 2.17. The van der Waals surface area contributed by atoms with Gasteiger partial charge in [-0.15, -0.1) is 0 Å². The highest BCUT2D eigenvalue weighted by molar-refractivity contribution is 5.77. The molecule has 61 valence electrons. The number of hydrogen-bond donors (Lipinski definition) is 0. The lowest BCUT2D eigenvalue weighted by atomic mass is 10.3. The first-order valence-electron chi connectivity index (χ1n) is 4.18. The molecule has 0 N–H and O–H groups in total. The smallest absolute Gasteiger partial charge is 0.0871 e. The van der Waals surface area contributed by atoms with Gasteiger partial charge in [-0.2, -0.15) is 0 Å². The summed E-state index contributed by atoms with van der Waals surface area (Å²) in [6, 6.07) is 12.0. The van der Waals surface area contributed by atoms with Crippen LogP contribution in [-0.4, -0.2) is 9.38 Å². The molecule has 2 nitrogen and oxygen atoms in total. The fourth-order valence-electron chi connectivity index (χ4n) is 1.55. The summed E-state index contributed by atoms with van der Waals surface area (Å²) < 4.78 is 2.02. The van der Waals surface area contributed by atoms with Gasteiger partial charge < -0.3 is 4.40 Å². The molecule has 0 spiro atoms. The molecule has 2 aromatic heterocycles. The molecule has 0 bridgehead atoms. The van der Waals surface area contributed by atoms with Crippen molar-refractivity contribution < 1.29 is 0 Å². The van der Waals surface area contributed by atoms with Gasteiger partial charge in [-0.3, -0.25) is 4.98 Å². The Morgan fingerprint density at radius 3 is 3.08 bits per heavy atom. The highest BCUT2D eigenvalue weighted by atomic mass is 14.9. The molecule has 3 rings (SSSR count). The van der Waals surface area contributed by atoms with E-state index in [1.165, 1.54) is 0 Å². The van der Waals surface area contributed by atoms with Crippen LogP contribution in [0, 0.1) is 6.20 Å². The van der Waals surface area contributed by atoms with E-state index in [9.17, 15) is 0 Å². The quantitative estimate of drug-likeness (QED) is 0.502. The summed E-state index contributed by atoms with van der Waals surface area (Å²) in [4.78, 5) is 4.34. The van der Waals surface area contributed by atoms with Crippen LogP contribution in [-0.2, 0) is 0 Å². The van der Waals surface area contributed by atoms with Gasteiger partial charge in [0.2, 0.25) is 0 Å². The molecule has 13 heavy (non-hydrogen) atoms. The van der Waals surface area contributed by atoms with Crippen molar-refractivity contribution in [3.05, 3.63) is 48.8 Å². The summed E-state index contributed by atoms with van der Waals surface area (Å²) in [6.07, 6.45) is 5.00. The molecule has 0 saturated heterocycles. The average molecular weight is 167 g/mol. The largest absolute Gasteiger partial charge is 0.305 e. The van der Waals surface area contributed by atoms with E-state index in [-0.39, 0.29) is 0 Å². The van der Waals surface area contributed by atoms with Crippen LogP contribution in [0.5, 0.6) is 0 Å². The van der Waals surface area contributed by atoms with Crippen LogP contribution in [0.2, 0.25) is 0 Å². The van der Waals surface area contributed by atoms with E-state index in [4.69, 9.17) is 0 Å². The third-order valence-corrected chi connectivity index (χ3v) is 2.17. The van der Waals surface area contributed by atoms with Gasteiger partial charge in [0.05, 0.1) is 28.9 Å². The van der Waals surface area contributed by atoms with Crippen LogP contribution in [0.1, 0.15) is 0 Å². The highest BCUT2D eigenvalue weighted by Gasteiger charge is 1.98. The maximum atomic E-state index is 4.34. The minimum atomic E-state index is 1.00. The fourth-order valence-corrected chi connectivity index (χ4v) is 1.55. The van der Waals surface area contributed by atoms with E-state index in [0.29, 0.717) is 0 Å². The molecule has 0 aliphatic heterocycles. The van der Waals surface area contributed by atoms with Crippen LogP contribution < -0.4 is 0 Å². The molecule has 3 aromatic rings. The number of para-hydroxylation sites is 2. The molecule has 0 aliphatic carbocycles. The topological polar surface area (TPSA) is 17.3 Å². The Morgan fingerprint density at radius 1 is 1.15 bits per heavy atom. The predicted molar refractivity (Wildman–Crippen MR) is 51.5 cm³/mol. The minimum absolute atomic E-state index is 1.00. The molecule has 1 radical (unpaired) electrons. The van der Waals surface area contributed by atoms with Gasteiger partial charge in [0.1, 0.15) is 0 Å². The Morgan fingerprint density at radius 2 is 2.08 bits per heavy atom. The summed E-state index contributed by atoms with van der Waals surface area (Å²) in [5.41, 5.74) is 3.19. The van der Waals surface area contributed by atoms with Gasteiger partial charge in [0.25, 0.3) is 0 Å². The SMILES string of the molecule is [c]1ccc2cnc3ccccc3n12. The Labute approximate surface area is 75.5 Å². The number of nitrogens with zero attached hydrogens (tertiary/aromatic N) is 2. The molecule has 0 atom stereocenters. The third kappa shape index (κ3) is 0.855. The molecular weight excluding hydrogens is 160 g/mol. The Balaban J connectivity index is 2.65. The van der Waals surface area contributed by atoms with Crippen LogP contribution in [0.15, 0.2) is 42.6 Å². The van der Waals surface area contributed by atoms with E-state index < -0.39 is 0 Å². The van der Waals surface area contributed by atoms with Gasteiger partial charge in [-0.1, -0.05) is 12.1 Å². The molecular formula is C11H7N2. The molecule has 0 amide bonds. The van der Waals surface area contributed by atoms with Crippen molar-refractivity contribution in [2.24, 2.45) is 0 Å². The lowest BCUT2D eigenvalue weighted by Gasteiger charge is -1.99. The lowest BCUT2D eigenvalue weighted by molar-refractivity contribution is 1.22. The van der Waals surface area contributed by atoms with Gasteiger partial charge in [0.15, 0.2) is 0 Å². The van der Waals surface area contributed by atoms with E-state index >= 15 is 0 Å². The summed E-state index contributed by atoms with van der Waals surface area (Å²) in [6.45, 7) is 0. The first-order chi connectivity index (χ1) is 6.45. The maximum Gasteiger partial charge on any atom is 0.0871 e. The second-order valence-electron chi connectivity index (χ2n) is 2.97. The monoisotopic (exact) mass is 167 g/mol. The van der Waals surface area contributed by atoms with Gasteiger partial charge in [0, 0.05) is 0 Å². The van der Waals surface area contributed by atoms with E-state index in [1.807, 2.05) is 47.0 Å². The zero-order valence-electron chi connectivity index (χ0n) is 6.94. The van der Waals surface area contributed by atoms with Crippen molar-refractivity contribution in [2.45, 2.75) is 0 Å². The lowest BCUT2D eigenvalue weighted by Crippen LogP contribution is -1.87. The molecule has 0 fully saturated rings. The van der Waals surface area contributed by atoms with E-state index in [2.05, 4.69) is 11.2 Å². The summed E-state index contributed by atoms with van der Waals surface area (Å²) in [7, 11) is 0. The van der Waals surface area contributed by atoms with Gasteiger partial charge in [-0.05, 0) is 24.3 Å². The van der Waals surface area contributed by atoms with E-state index in [1.54, 1.807) is 0 Å². The summed E-state index contributed by atoms with van der Waals surface area (Å²) in [5, 5.41) is 0. The van der Waals surface area contributed by atoms with Crippen molar-refractivity contribution in [1.82, 2.24) is 9.38 Å². The Hall–Kier alpha value is -1.83. The number of benzene rings is 1. The van der Waals surface area contributed by atoms with Crippen molar-refractivity contribution >= 4 is 16.6 Å². The average Bonchev–Trinajstić information content (AvgIpc) is 2.65. The second-order valence-corrected chi connectivity index (χ2v) is 2.97. The standard InChI is InChI=1S/C11H7N2/c1-2-6-11-10(5-1)12-8-9-4-3-7-13(9)11/h1-6,8H. The summed E-state index contributed by atoms with van der Waals surface area (Å²) in [5.74, 6) is 0. The number of hydrogen-bond acceptors (Lipinski definition) is 1. The minimum Gasteiger partial charge on any atom is -0.305 e. The Kier molecular flexibility index (Phi) is 1.19.